The van der Waals surface area contributed by atoms with Gasteiger partial charge in [0.05, 0.1) is 5.70 Å². The van der Waals surface area contributed by atoms with Crippen molar-refractivity contribution in [3.8, 4) is 5.69 Å². The van der Waals surface area contributed by atoms with Gasteiger partial charge in [-0.15, -0.1) is 0 Å². The van der Waals surface area contributed by atoms with Crippen LogP contribution in [0.25, 0.3) is 5.69 Å². The van der Waals surface area contributed by atoms with Gasteiger partial charge in [0.25, 0.3) is 0 Å². The average molecular weight is 328 g/mol. The fourth-order valence-corrected chi connectivity index (χ4v) is 2.40. The Balaban J connectivity index is 2.06. The minimum absolute atomic E-state index is 0.800. The van der Waals surface area contributed by atoms with Crippen LogP contribution < -0.4 is 5.62 Å². The number of benzene rings is 1. The molecule has 2 aromatic rings. The van der Waals surface area contributed by atoms with Crippen LogP contribution in [0.3, 0.4) is 0 Å². The molecular weight excluding hydrogens is 314 g/mol. The van der Waals surface area contributed by atoms with Gasteiger partial charge in [0, 0.05) is 22.6 Å². The number of nitrogens with one attached hydrogen (secondary N) is 1. The Morgan fingerprint density at radius 2 is 2.20 bits per heavy atom. The molecule has 100 valence electrons. The third-order valence-electron chi connectivity index (χ3n) is 2.95. The summed E-state index contributed by atoms with van der Waals surface area (Å²) in [6.45, 7) is 0. The summed E-state index contributed by atoms with van der Waals surface area (Å²) in [5.41, 5.74) is 2.80. The molecule has 0 atom stereocenters. The van der Waals surface area contributed by atoms with Crippen LogP contribution in [-0.2, 0) is 0 Å². The number of hydrogen-bond donors (Lipinski definition) is 1. The van der Waals surface area contributed by atoms with E-state index in [-0.39, 0.29) is 0 Å². The van der Waals surface area contributed by atoms with Gasteiger partial charge in [0.15, 0.2) is 0 Å². The van der Waals surface area contributed by atoms with E-state index in [0.717, 1.165) is 27.9 Å². The van der Waals surface area contributed by atoms with Crippen molar-refractivity contribution in [1.82, 2.24) is 9.55 Å². The van der Waals surface area contributed by atoms with Crippen molar-refractivity contribution in [3.63, 3.8) is 0 Å². The van der Waals surface area contributed by atoms with Crippen LogP contribution in [0.15, 0.2) is 82.2 Å². The SMILES string of the molecule is Brc1cccc(-n2cc[nH]/c2=N\C2=CC=CCC=C2)c1. The molecule has 0 amide bonds. The molecule has 3 rings (SSSR count). The number of nitrogens with zero attached hydrogens (tertiary/aromatic N) is 2. The van der Waals surface area contributed by atoms with Gasteiger partial charge in [-0.3, -0.25) is 4.57 Å². The third kappa shape index (κ3) is 2.91. The summed E-state index contributed by atoms with van der Waals surface area (Å²) < 4.78 is 3.07. The molecule has 1 heterocycles. The molecule has 1 aliphatic carbocycles. The molecule has 3 nitrogen and oxygen atoms in total. The fourth-order valence-electron chi connectivity index (χ4n) is 2.01. The number of imidazole rings is 1. The quantitative estimate of drug-likeness (QED) is 0.868. The summed E-state index contributed by atoms with van der Waals surface area (Å²) in [4.78, 5) is 7.83. The smallest absolute Gasteiger partial charge is 0.212 e. The van der Waals surface area contributed by atoms with E-state index in [9.17, 15) is 0 Å². The van der Waals surface area contributed by atoms with Crippen molar-refractivity contribution < 1.29 is 0 Å². The maximum atomic E-state index is 4.66. The molecule has 0 radical (unpaired) electrons. The molecule has 0 saturated carbocycles. The predicted molar refractivity (Wildman–Crippen MR) is 84.4 cm³/mol. The second-order valence-corrected chi connectivity index (χ2v) is 5.32. The summed E-state index contributed by atoms with van der Waals surface area (Å²) in [6, 6.07) is 8.13. The Morgan fingerprint density at radius 3 is 3.10 bits per heavy atom. The lowest BCUT2D eigenvalue weighted by Crippen LogP contribution is -2.16. The largest absolute Gasteiger partial charge is 0.330 e. The summed E-state index contributed by atoms with van der Waals surface area (Å²) in [5, 5.41) is 0. The van der Waals surface area contributed by atoms with Crippen molar-refractivity contribution in [2.75, 3.05) is 0 Å². The van der Waals surface area contributed by atoms with Crippen molar-refractivity contribution in [2.24, 2.45) is 4.99 Å². The molecule has 1 aromatic heterocycles. The normalized spacial score (nSPS) is 15.2. The van der Waals surface area contributed by atoms with Gasteiger partial charge in [0.1, 0.15) is 0 Å². The molecule has 4 heteroatoms. The van der Waals surface area contributed by atoms with E-state index in [0.29, 0.717) is 0 Å². The Hall–Kier alpha value is -2.07. The zero-order chi connectivity index (χ0) is 13.8. The van der Waals surface area contributed by atoms with E-state index in [4.69, 9.17) is 0 Å². The first-order valence-electron chi connectivity index (χ1n) is 6.43. The van der Waals surface area contributed by atoms with E-state index in [1.54, 1.807) is 0 Å². The van der Waals surface area contributed by atoms with Crippen LogP contribution in [0.1, 0.15) is 6.42 Å². The van der Waals surface area contributed by atoms with Crippen LogP contribution >= 0.6 is 15.9 Å². The molecule has 0 fully saturated rings. The number of aromatic nitrogens is 2. The molecule has 0 unspecified atom stereocenters. The molecule has 0 aliphatic heterocycles. The second kappa shape index (κ2) is 5.92. The van der Waals surface area contributed by atoms with Gasteiger partial charge in [0.2, 0.25) is 5.62 Å². The fraction of sp³-hybridized carbons (Fsp3) is 0.0625. The maximum Gasteiger partial charge on any atom is 0.212 e. The highest BCUT2D eigenvalue weighted by molar-refractivity contribution is 9.10. The monoisotopic (exact) mass is 327 g/mol. The molecule has 1 aromatic carbocycles. The van der Waals surface area contributed by atoms with Crippen LogP contribution in [0.4, 0.5) is 0 Å². The first-order valence-corrected chi connectivity index (χ1v) is 7.22. The predicted octanol–water partition coefficient (Wildman–Crippen LogP) is 3.87. The highest BCUT2D eigenvalue weighted by atomic mass is 79.9. The lowest BCUT2D eigenvalue weighted by atomic mass is 10.3. The number of halogens is 1. The van der Waals surface area contributed by atoms with E-state index >= 15 is 0 Å². The van der Waals surface area contributed by atoms with E-state index in [2.05, 4.69) is 50.2 Å². The molecule has 20 heavy (non-hydrogen) atoms. The zero-order valence-corrected chi connectivity index (χ0v) is 12.4. The molecule has 0 bridgehead atoms. The van der Waals surface area contributed by atoms with Crippen molar-refractivity contribution in [1.29, 1.82) is 0 Å². The highest BCUT2D eigenvalue weighted by Gasteiger charge is 2.00. The Kier molecular flexibility index (Phi) is 3.83. The summed E-state index contributed by atoms with van der Waals surface area (Å²) in [5.74, 6) is 0. The number of H-pyrrole nitrogens is 1. The molecular formula is C16H14BrN3. The van der Waals surface area contributed by atoms with Gasteiger partial charge in [-0.25, -0.2) is 4.99 Å². The van der Waals surface area contributed by atoms with Crippen LogP contribution in [-0.4, -0.2) is 9.55 Å². The Morgan fingerprint density at radius 1 is 1.25 bits per heavy atom. The molecule has 0 saturated heterocycles. The first kappa shape index (κ1) is 12.9. The number of hydrogen-bond acceptors (Lipinski definition) is 1. The van der Waals surface area contributed by atoms with Gasteiger partial charge in [-0.2, -0.15) is 0 Å². The zero-order valence-electron chi connectivity index (χ0n) is 10.8. The summed E-state index contributed by atoms with van der Waals surface area (Å²) in [6.07, 6.45) is 15.1. The lowest BCUT2D eigenvalue weighted by Gasteiger charge is -2.03. The van der Waals surface area contributed by atoms with Gasteiger partial charge in [-0.1, -0.05) is 40.2 Å². The van der Waals surface area contributed by atoms with Crippen molar-refractivity contribution in [2.45, 2.75) is 6.42 Å². The van der Waals surface area contributed by atoms with E-state index < -0.39 is 0 Å². The second-order valence-electron chi connectivity index (χ2n) is 4.40. The standard InChI is InChI=1S/C16H14BrN3/c17-13-6-5-9-15(12-13)20-11-10-18-16(20)19-14-7-3-1-2-4-8-14/h1,3-12H,2H2,(H,18,19). The minimum atomic E-state index is 0.800. The van der Waals surface area contributed by atoms with Crippen molar-refractivity contribution in [3.05, 3.63) is 82.8 Å². The van der Waals surface area contributed by atoms with E-state index in [1.807, 2.05) is 47.3 Å². The number of rotatable bonds is 2. The lowest BCUT2D eigenvalue weighted by molar-refractivity contribution is 0.927. The molecule has 1 aliphatic rings. The topological polar surface area (TPSA) is 33.1 Å². The first-order chi connectivity index (χ1) is 9.83. The summed E-state index contributed by atoms with van der Waals surface area (Å²) in [7, 11) is 0. The number of allylic oxidation sites excluding steroid dienone is 5. The average Bonchev–Trinajstić information content (AvgIpc) is 2.74. The van der Waals surface area contributed by atoms with Crippen LogP contribution in [0.5, 0.6) is 0 Å². The minimum Gasteiger partial charge on any atom is -0.330 e. The van der Waals surface area contributed by atoms with Gasteiger partial charge < -0.3 is 4.98 Å². The highest BCUT2D eigenvalue weighted by Crippen LogP contribution is 2.14. The maximum absolute atomic E-state index is 4.66. The molecule has 1 N–H and O–H groups in total. The molecule has 0 spiro atoms. The van der Waals surface area contributed by atoms with Gasteiger partial charge in [-0.05, 0) is 36.8 Å². The van der Waals surface area contributed by atoms with E-state index in [1.165, 1.54) is 0 Å². The van der Waals surface area contributed by atoms with Crippen LogP contribution in [0, 0.1) is 0 Å². The van der Waals surface area contributed by atoms with Crippen molar-refractivity contribution >= 4 is 15.9 Å². The third-order valence-corrected chi connectivity index (χ3v) is 3.44. The van der Waals surface area contributed by atoms with Gasteiger partial charge >= 0.3 is 0 Å². The number of aromatic amines is 1. The van der Waals surface area contributed by atoms with Crippen LogP contribution in [0.2, 0.25) is 0 Å². The Labute approximate surface area is 125 Å². The summed E-state index contributed by atoms with van der Waals surface area (Å²) >= 11 is 3.50. The Bertz CT molecular complexity index is 760.